The summed E-state index contributed by atoms with van der Waals surface area (Å²) in [6, 6.07) is 2.61. The molecule has 2 N–H and O–H groups in total. The fourth-order valence-corrected chi connectivity index (χ4v) is 3.62. The molecule has 1 aromatic rings. The van der Waals surface area contributed by atoms with E-state index in [1.54, 1.807) is 17.0 Å². The maximum Gasteiger partial charge on any atom is 0.306 e. The smallest absolute Gasteiger partial charge is 0.306 e. The fourth-order valence-electron chi connectivity index (χ4n) is 3.62. The summed E-state index contributed by atoms with van der Waals surface area (Å²) in [6.07, 6.45) is 5.52. The van der Waals surface area contributed by atoms with Gasteiger partial charge in [-0.1, -0.05) is 0 Å². The highest BCUT2D eigenvalue weighted by Crippen LogP contribution is 2.27. The van der Waals surface area contributed by atoms with Crippen LogP contribution in [0.15, 0.2) is 22.8 Å². The van der Waals surface area contributed by atoms with Crippen LogP contribution in [-0.4, -0.2) is 46.4 Å². The van der Waals surface area contributed by atoms with Crippen molar-refractivity contribution >= 4 is 17.8 Å². The lowest BCUT2D eigenvalue weighted by Gasteiger charge is -2.34. The second kappa shape index (κ2) is 7.07. The van der Waals surface area contributed by atoms with E-state index in [4.69, 9.17) is 9.52 Å². The topological polar surface area (TPSA) is 99.9 Å². The predicted molar refractivity (Wildman–Crippen MR) is 84.3 cm³/mol. The number of likely N-dealkylation sites (tertiary alicyclic amines) is 1. The van der Waals surface area contributed by atoms with Crippen molar-refractivity contribution in [2.24, 2.45) is 5.92 Å². The van der Waals surface area contributed by atoms with Crippen molar-refractivity contribution in [3.05, 3.63) is 24.2 Å². The number of carbonyl (C=O) groups excluding carboxylic acids is 2. The number of rotatable bonds is 4. The molecule has 2 heterocycles. The van der Waals surface area contributed by atoms with Crippen molar-refractivity contribution < 1.29 is 23.9 Å². The molecule has 1 saturated heterocycles. The standard InChI is InChI=1S/C17H22N2O5/c20-15(18-12-7-6-11(10-12)17(22)23)13-4-1-2-8-19(13)16(21)14-5-3-9-24-14/h3,5,9,11-13H,1-2,4,6-8,10H2,(H,18,20)(H,22,23)/t11-,12+,13?/m1/s1. The minimum absolute atomic E-state index is 0.124. The summed E-state index contributed by atoms with van der Waals surface area (Å²) >= 11 is 0. The Kier molecular flexibility index (Phi) is 4.87. The summed E-state index contributed by atoms with van der Waals surface area (Å²) in [6.45, 7) is 0.528. The molecule has 3 rings (SSSR count). The van der Waals surface area contributed by atoms with Gasteiger partial charge < -0.3 is 19.7 Å². The maximum absolute atomic E-state index is 12.6. The van der Waals surface area contributed by atoms with Crippen LogP contribution in [0.25, 0.3) is 0 Å². The second-order valence-electron chi connectivity index (χ2n) is 6.54. The molecule has 1 aromatic heterocycles. The molecule has 0 spiro atoms. The molecule has 2 aliphatic rings. The monoisotopic (exact) mass is 334 g/mol. The van der Waals surface area contributed by atoms with Crippen LogP contribution in [0.2, 0.25) is 0 Å². The van der Waals surface area contributed by atoms with Gasteiger partial charge in [-0.3, -0.25) is 14.4 Å². The van der Waals surface area contributed by atoms with Crippen LogP contribution in [0.3, 0.4) is 0 Å². The van der Waals surface area contributed by atoms with E-state index in [1.165, 1.54) is 6.26 Å². The summed E-state index contributed by atoms with van der Waals surface area (Å²) in [7, 11) is 0. The Hall–Kier alpha value is -2.31. The number of hydrogen-bond acceptors (Lipinski definition) is 4. The molecular weight excluding hydrogens is 312 g/mol. The zero-order chi connectivity index (χ0) is 17.1. The predicted octanol–water partition coefficient (Wildman–Crippen LogP) is 1.64. The molecule has 7 nitrogen and oxygen atoms in total. The lowest BCUT2D eigenvalue weighted by Crippen LogP contribution is -2.53. The third-order valence-electron chi connectivity index (χ3n) is 4.93. The van der Waals surface area contributed by atoms with Gasteiger partial charge in [0.15, 0.2) is 5.76 Å². The SMILES string of the molecule is O=C(N[C@H]1CC[C@@H](C(=O)O)C1)C1CCCCN1C(=O)c1ccco1. The zero-order valence-electron chi connectivity index (χ0n) is 13.4. The first-order valence-electron chi connectivity index (χ1n) is 8.44. The van der Waals surface area contributed by atoms with Crippen molar-refractivity contribution in [1.29, 1.82) is 0 Å². The number of furan rings is 1. The van der Waals surface area contributed by atoms with Gasteiger partial charge in [-0.25, -0.2) is 0 Å². The van der Waals surface area contributed by atoms with E-state index in [0.29, 0.717) is 32.2 Å². The Labute approximate surface area is 140 Å². The van der Waals surface area contributed by atoms with Gasteiger partial charge in [0, 0.05) is 12.6 Å². The lowest BCUT2D eigenvalue weighted by molar-refractivity contribution is -0.141. The molecular formula is C17H22N2O5. The van der Waals surface area contributed by atoms with Crippen LogP contribution in [-0.2, 0) is 9.59 Å². The highest BCUT2D eigenvalue weighted by atomic mass is 16.4. The Morgan fingerprint density at radius 3 is 2.71 bits per heavy atom. The molecule has 1 saturated carbocycles. The Morgan fingerprint density at radius 2 is 2.04 bits per heavy atom. The molecule has 1 aliphatic carbocycles. The van der Waals surface area contributed by atoms with Gasteiger partial charge in [0.05, 0.1) is 12.2 Å². The number of hydrogen-bond donors (Lipinski definition) is 2. The molecule has 0 bridgehead atoms. The average Bonchev–Trinajstić information content (AvgIpc) is 3.26. The average molecular weight is 334 g/mol. The molecule has 1 aliphatic heterocycles. The summed E-state index contributed by atoms with van der Waals surface area (Å²) in [5, 5.41) is 12.0. The quantitative estimate of drug-likeness (QED) is 0.872. The number of nitrogens with zero attached hydrogens (tertiary/aromatic N) is 1. The van der Waals surface area contributed by atoms with E-state index in [1.807, 2.05) is 0 Å². The van der Waals surface area contributed by atoms with E-state index in [0.717, 1.165) is 12.8 Å². The molecule has 0 aromatic carbocycles. The van der Waals surface area contributed by atoms with E-state index < -0.39 is 12.0 Å². The normalized spacial score (nSPS) is 27.0. The number of carboxylic acids is 1. The van der Waals surface area contributed by atoms with Gasteiger partial charge in [0.1, 0.15) is 6.04 Å². The van der Waals surface area contributed by atoms with Gasteiger partial charge in [-0.15, -0.1) is 0 Å². The van der Waals surface area contributed by atoms with Gasteiger partial charge in [0.25, 0.3) is 5.91 Å². The molecule has 2 amide bonds. The number of aliphatic carboxylic acids is 1. The number of amides is 2. The highest BCUT2D eigenvalue weighted by Gasteiger charge is 2.36. The largest absolute Gasteiger partial charge is 0.481 e. The van der Waals surface area contributed by atoms with Crippen LogP contribution in [0.4, 0.5) is 0 Å². The third-order valence-corrected chi connectivity index (χ3v) is 4.93. The van der Waals surface area contributed by atoms with Gasteiger partial charge in [-0.05, 0) is 50.7 Å². The van der Waals surface area contributed by atoms with E-state index in [9.17, 15) is 14.4 Å². The van der Waals surface area contributed by atoms with Crippen molar-refractivity contribution in [3.63, 3.8) is 0 Å². The Balaban J connectivity index is 1.64. The molecule has 3 atom stereocenters. The van der Waals surface area contributed by atoms with Crippen molar-refractivity contribution in [2.75, 3.05) is 6.54 Å². The molecule has 1 unspecified atom stereocenters. The van der Waals surface area contributed by atoms with Gasteiger partial charge in [0.2, 0.25) is 5.91 Å². The number of carbonyl (C=O) groups is 3. The van der Waals surface area contributed by atoms with Crippen LogP contribution in [0.5, 0.6) is 0 Å². The Bertz CT molecular complexity index is 613. The lowest BCUT2D eigenvalue weighted by atomic mass is 10.0. The zero-order valence-corrected chi connectivity index (χ0v) is 13.4. The van der Waals surface area contributed by atoms with E-state index in [-0.39, 0.29) is 29.5 Å². The third kappa shape index (κ3) is 3.44. The number of carboxylic acid groups (broad SMARTS) is 1. The first kappa shape index (κ1) is 16.5. The highest BCUT2D eigenvalue weighted by molar-refractivity contribution is 5.95. The van der Waals surface area contributed by atoms with Crippen LogP contribution >= 0.6 is 0 Å². The molecule has 130 valence electrons. The number of piperidine rings is 1. The van der Waals surface area contributed by atoms with Crippen LogP contribution in [0, 0.1) is 5.92 Å². The van der Waals surface area contributed by atoms with Crippen molar-refractivity contribution in [2.45, 2.75) is 50.6 Å². The molecule has 0 radical (unpaired) electrons. The molecule has 2 fully saturated rings. The first-order valence-corrected chi connectivity index (χ1v) is 8.44. The van der Waals surface area contributed by atoms with E-state index in [2.05, 4.69) is 5.32 Å². The maximum atomic E-state index is 12.6. The van der Waals surface area contributed by atoms with Crippen molar-refractivity contribution in [3.8, 4) is 0 Å². The number of nitrogens with one attached hydrogen (secondary N) is 1. The van der Waals surface area contributed by atoms with Gasteiger partial charge in [-0.2, -0.15) is 0 Å². The van der Waals surface area contributed by atoms with E-state index >= 15 is 0 Å². The summed E-state index contributed by atoms with van der Waals surface area (Å²) in [5.41, 5.74) is 0. The molecule has 24 heavy (non-hydrogen) atoms. The minimum Gasteiger partial charge on any atom is -0.481 e. The van der Waals surface area contributed by atoms with Crippen LogP contribution in [0.1, 0.15) is 49.1 Å². The fraction of sp³-hybridized carbons (Fsp3) is 0.588. The van der Waals surface area contributed by atoms with Crippen molar-refractivity contribution in [1.82, 2.24) is 10.2 Å². The molecule has 7 heteroatoms. The Morgan fingerprint density at radius 1 is 1.21 bits per heavy atom. The first-order chi connectivity index (χ1) is 11.6. The summed E-state index contributed by atoms with van der Waals surface area (Å²) in [4.78, 5) is 37.8. The summed E-state index contributed by atoms with van der Waals surface area (Å²) in [5.74, 6) is -1.41. The van der Waals surface area contributed by atoms with Crippen LogP contribution < -0.4 is 5.32 Å². The second-order valence-corrected chi connectivity index (χ2v) is 6.54. The van der Waals surface area contributed by atoms with Gasteiger partial charge >= 0.3 is 5.97 Å². The summed E-state index contributed by atoms with van der Waals surface area (Å²) < 4.78 is 5.16. The minimum atomic E-state index is -0.806.